The van der Waals surface area contributed by atoms with E-state index in [4.69, 9.17) is 11.6 Å². The third-order valence-corrected chi connectivity index (χ3v) is 3.82. The number of urea groups is 1. The Bertz CT molecular complexity index is 814. The summed E-state index contributed by atoms with van der Waals surface area (Å²) in [5.41, 5.74) is 0.980. The number of benzene rings is 2. The van der Waals surface area contributed by atoms with Gasteiger partial charge in [-0.3, -0.25) is 4.79 Å². The summed E-state index contributed by atoms with van der Waals surface area (Å²) in [7, 11) is 1.49. The summed E-state index contributed by atoms with van der Waals surface area (Å²) in [5.74, 6) is -2.28. The Kier molecular flexibility index (Phi) is 5.93. The summed E-state index contributed by atoms with van der Waals surface area (Å²) in [4.78, 5) is 23.7. The van der Waals surface area contributed by atoms with E-state index in [1.165, 1.54) is 31.3 Å². The second-order valence-electron chi connectivity index (χ2n) is 5.27. The second-order valence-corrected chi connectivity index (χ2v) is 5.67. The Balaban J connectivity index is 2.09. The maximum absolute atomic E-state index is 13.3. The molecular formula is C17H16ClF2N3O2. The van der Waals surface area contributed by atoms with Crippen molar-refractivity contribution in [3.05, 3.63) is 64.2 Å². The summed E-state index contributed by atoms with van der Waals surface area (Å²) in [5, 5.41) is 7.83. The van der Waals surface area contributed by atoms with Gasteiger partial charge in [-0.25, -0.2) is 13.6 Å². The van der Waals surface area contributed by atoms with Crippen LogP contribution in [0.4, 0.5) is 19.3 Å². The number of anilines is 1. The minimum absolute atomic E-state index is 0.248. The molecule has 5 nitrogen and oxygen atoms in total. The van der Waals surface area contributed by atoms with E-state index in [2.05, 4.69) is 16.0 Å². The lowest BCUT2D eigenvalue weighted by molar-refractivity contribution is 0.0963. The van der Waals surface area contributed by atoms with Crippen LogP contribution in [0.15, 0.2) is 36.4 Å². The minimum atomic E-state index is -0.993. The topological polar surface area (TPSA) is 70.2 Å². The van der Waals surface area contributed by atoms with Crippen molar-refractivity contribution in [2.24, 2.45) is 0 Å². The lowest BCUT2D eigenvalue weighted by Crippen LogP contribution is -2.31. The van der Waals surface area contributed by atoms with Crippen molar-refractivity contribution in [3.63, 3.8) is 0 Å². The molecule has 25 heavy (non-hydrogen) atoms. The van der Waals surface area contributed by atoms with Crippen LogP contribution in [0, 0.1) is 11.6 Å². The van der Waals surface area contributed by atoms with Gasteiger partial charge in [-0.15, -0.1) is 0 Å². The number of hydrogen-bond donors (Lipinski definition) is 3. The van der Waals surface area contributed by atoms with E-state index >= 15 is 0 Å². The van der Waals surface area contributed by atoms with E-state index in [1.807, 2.05) is 0 Å². The molecule has 0 saturated carbocycles. The average Bonchev–Trinajstić information content (AvgIpc) is 2.58. The van der Waals surface area contributed by atoms with Crippen LogP contribution in [0.2, 0.25) is 5.02 Å². The maximum atomic E-state index is 13.3. The molecule has 1 unspecified atom stereocenters. The molecule has 8 heteroatoms. The Morgan fingerprint density at radius 1 is 1.08 bits per heavy atom. The van der Waals surface area contributed by atoms with Gasteiger partial charge in [0.15, 0.2) is 11.6 Å². The van der Waals surface area contributed by atoms with Crippen molar-refractivity contribution in [1.82, 2.24) is 10.6 Å². The number of halogens is 3. The summed E-state index contributed by atoms with van der Waals surface area (Å²) >= 11 is 6.01. The first kappa shape index (κ1) is 18.7. The van der Waals surface area contributed by atoms with Gasteiger partial charge in [-0.2, -0.15) is 0 Å². The van der Waals surface area contributed by atoms with Crippen molar-refractivity contribution in [2.45, 2.75) is 13.0 Å². The van der Waals surface area contributed by atoms with Gasteiger partial charge in [-0.1, -0.05) is 17.7 Å². The van der Waals surface area contributed by atoms with Gasteiger partial charge in [0.05, 0.1) is 16.8 Å². The summed E-state index contributed by atoms with van der Waals surface area (Å²) in [6.07, 6.45) is 0. The fourth-order valence-electron chi connectivity index (χ4n) is 2.13. The zero-order chi connectivity index (χ0) is 18.6. The van der Waals surface area contributed by atoms with Crippen LogP contribution in [0.5, 0.6) is 0 Å². The number of carbonyl (C=O) groups excluding carboxylic acids is 2. The van der Waals surface area contributed by atoms with Crippen molar-refractivity contribution < 1.29 is 18.4 Å². The molecule has 0 bridgehead atoms. The number of amides is 3. The maximum Gasteiger partial charge on any atom is 0.319 e. The molecule has 2 aromatic rings. The Labute approximate surface area is 148 Å². The quantitative estimate of drug-likeness (QED) is 0.768. The van der Waals surface area contributed by atoms with Crippen LogP contribution in [0.1, 0.15) is 28.9 Å². The smallest absolute Gasteiger partial charge is 0.319 e. The highest BCUT2D eigenvalue weighted by molar-refractivity contribution is 6.33. The summed E-state index contributed by atoms with van der Waals surface area (Å²) in [6.45, 7) is 1.62. The van der Waals surface area contributed by atoms with E-state index in [9.17, 15) is 18.4 Å². The molecule has 132 valence electrons. The number of carbonyl (C=O) groups is 2. The molecule has 3 amide bonds. The van der Waals surface area contributed by atoms with Crippen LogP contribution >= 0.6 is 11.6 Å². The second kappa shape index (κ2) is 7.94. The van der Waals surface area contributed by atoms with E-state index in [0.717, 1.165) is 12.1 Å². The largest absolute Gasteiger partial charge is 0.355 e. The SMILES string of the molecule is CNC(=O)c1ccc(Cl)c(NC(=O)NC(C)c2ccc(F)c(F)c2)c1. The van der Waals surface area contributed by atoms with Gasteiger partial charge in [0, 0.05) is 12.6 Å². The molecule has 0 aliphatic heterocycles. The van der Waals surface area contributed by atoms with Gasteiger partial charge < -0.3 is 16.0 Å². The Morgan fingerprint density at radius 2 is 1.80 bits per heavy atom. The standard InChI is InChI=1S/C17H16ClF2N3O2/c1-9(10-4-6-13(19)14(20)7-10)22-17(25)23-15-8-11(16(24)21-2)3-5-12(15)18/h3-9H,1-2H3,(H,21,24)(H2,22,23,25). The van der Waals surface area contributed by atoms with Gasteiger partial charge in [0.25, 0.3) is 5.91 Å². The third kappa shape index (κ3) is 4.67. The highest BCUT2D eigenvalue weighted by Gasteiger charge is 2.14. The van der Waals surface area contributed by atoms with Crippen molar-refractivity contribution in [3.8, 4) is 0 Å². The lowest BCUT2D eigenvalue weighted by atomic mass is 10.1. The molecule has 2 rings (SSSR count). The number of hydrogen-bond acceptors (Lipinski definition) is 2. The van der Waals surface area contributed by atoms with Gasteiger partial charge in [0.2, 0.25) is 0 Å². The molecule has 0 aliphatic carbocycles. The lowest BCUT2D eigenvalue weighted by Gasteiger charge is -2.16. The Morgan fingerprint density at radius 3 is 2.44 bits per heavy atom. The predicted octanol–water partition coefficient (Wildman–Crippen LogP) is 3.86. The summed E-state index contributed by atoms with van der Waals surface area (Å²) in [6, 6.07) is 6.65. The van der Waals surface area contributed by atoms with Crippen molar-refractivity contribution >= 4 is 29.2 Å². The molecule has 0 aliphatic rings. The Hall–Kier alpha value is -2.67. The fraction of sp³-hybridized carbons (Fsp3) is 0.176. The monoisotopic (exact) mass is 367 g/mol. The highest BCUT2D eigenvalue weighted by atomic mass is 35.5. The molecule has 3 N–H and O–H groups in total. The minimum Gasteiger partial charge on any atom is -0.355 e. The molecule has 0 fully saturated rings. The fourth-order valence-corrected chi connectivity index (χ4v) is 2.29. The van der Waals surface area contributed by atoms with E-state index in [1.54, 1.807) is 6.92 Å². The van der Waals surface area contributed by atoms with Gasteiger partial charge in [0.1, 0.15) is 0 Å². The number of nitrogens with one attached hydrogen (secondary N) is 3. The molecule has 0 radical (unpaired) electrons. The zero-order valence-corrected chi connectivity index (χ0v) is 14.2. The molecule has 1 atom stereocenters. The van der Waals surface area contributed by atoms with Crippen molar-refractivity contribution in [2.75, 3.05) is 12.4 Å². The van der Waals surface area contributed by atoms with Crippen LogP contribution in [0.25, 0.3) is 0 Å². The van der Waals surface area contributed by atoms with Crippen LogP contribution in [-0.2, 0) is 0 Å². The van der Waals surface area contributed by atoms with E-state index in [0.29, 0.717) is 11.1 Å². The molecule has 0 spiro atoms. The van der Waals surface area contributed by atoms with Gasteiger partial charge >= 0.3 is 6.03 Å². The van der Waals surface area contributed by atoms with Crippen LogP contribution in [0.3, 0.4) is 0 Å². The highest BCUT2D eigenvalue weighted by Crippen LogP contribution is 2.23. The first-order chi connectivity index (χ1) is 11.8. The predicted molar refractivity (Wildman–Crippen MR) is 91.8 cm³/mol. The molecule has 0 saturated heterocycles. The molecule has 0 heterocycles. The molecule has 0 aromatic heterocycles. The normalized spacial score (nSPS) is 11.6. The van der Waals surface area contributed by atoms with Crippen molar-refractivity contribution in [1.29, 1.82) is 0 Å². The zero-order valence-electron chi connectivity index (χ0n) is 13.5. The van der Waals surface area contributed by atoms with E-state index in [-0.39, 0.29) is 16.6 Å². The first-order valence-electron chi connectivity index (χ1n) is 7.36. The molecular weight excluding hydrogens is 352 g/mol. The van der Waals surface area contributed by atoms with Crippen LogP contribution < -0.4 is 16.0 Å². The first-order valence-corrected chi connectivity index (χ1v) is 7.73. The van der Waals surface area contributed by atoms with Gasteiger partial charge in [-0.05, 0) is 42.8 Å². The van der Waals surface area contributed by atoms with E-state index < -0.39 is 23.7 Å². The third-order valence-electron chi connectivity index (χ3n) is 3.50. The van der Waals surface area contributed by atoms with Crippen LogP contribution in [-0.4, -0.2) is 19.0 Å². The molecule has 2 aromatic carbocycles. The number of rotatable bonds is 4. The average molecular weight is 368 g/mol. The summed E-state index contributed by atoms with van der Waals surface area (Å²) < 4.78 is 26.2.